The number of halogens is 1. The van der Waals surface area contributed by atoms with E-state index in [1.54, 1.807) is 0 Å². The molecule has 0 spiro atoms. The predicted octanol–water partition coefficient (Wildman–Crippen LogP) is 5.52. The lowest BCUT2D eigenvalue weighted by molar-refractivity contribution is -0.116. The van der Waals surface area contributed by atoms with Crippen molar-refractivity contribution in [1.29, 1.82) is 0 Å². The van der Waals surface area contributed by atoms with E-state index in [2.05, 4.69) is 30.2 Å². The Morgan fingerprint density at radius 2 is 1.88 bits per heavy atom. The largest absolute Gasteiger partial charge is 0.361 e. The van der Waals surface area contributed by atoms with Crippen LogP contribution in [0.1, 0.15) is 37.0 Å². The average Bonchev–Trinajstić information content (AvgIpc) is 3.04. The number of hydrogen-bond donors (Lipinski definition) is 2. The van der Waals surface area contributed by atoms with Crippen LogP contribution in [0.25, 0.3) is 10.9 Å². The highest BCUT2D eigenvalue weighted by Gasteiger charge is 2.14. The van der Waals surface area contributed by atoms with Gasteiger partial charge in [0.2, 0.25) is 5.91 Å². The summed E-state index contributed by atoms with van der Waals surface area (Å²) in [4.78, 5) is 15.8. The highest BCUT2D eigenvalue weighted by Crippen LogP contribution is 2.30. The molecule has 3 aromatic rings. The molecule has 0 atom stereocenters. The summed E-state index contributed by atoms with van der Waals surface area (Å²) >= 11 is 6.31. The third kappa shape index (κ3) is 3.72. The quantitative estimate of drug-likeness (QED) is 0.601. The van der Waals surface area contributed by atoms with E-state index in [0.717, 1.165) is 35.2 Å². The number of aromatic nitrogens is 1. The molecular weight excluding hydrogens is 332 g/mol. The first-order valence-corrected chi connectivity index (χ1v) is 9.16. The van der Waals surface area contributed by atoms with E-state index < -0.39 is 0 Å². The van der Waals surface area contributed by atoms with Gasteiger partial charge in [0, 0.05) is 34.2 Å². The van der Waals surface area contributed by atoms with Gasteiger partial charge in [-0.15, -0.1) is 0 Å². The van der Waals surface area contributed by atoms with E-state index in [1.807, 2.05) is 36.5 Å². The molecule has 3 rings (SSSR count). The van der Waals surface area contributed by atoms with Crippen molar-refractivity contribution in [3.63, 3.8) is 0 Å². The molecule has 25 heavy (non-hydrogen) atoms. The number of aromatic amines is 1. The highest BCUT2D eigenvalue weighted by atomic mass is 35.5. The Balaban J connectivity index is 1.74. The van der Waals surface area contributed by atoms with Crippen LogP contribution in [0, 0.1) is 0 Å². The number of amides is 1. The third-order valence-electron chi connectivity index (χ3n) is 4.64. The van der Waals surface area contributed by atoms with Gasteiger partial charge in [-0.1, -0.05) is 49.7 Å². The van der Waals surface area contributed by atoms with Gasteiger partial charge in [0.05, 0.1) is 0 Å². The number of nitrogens with one attached hydrogen (secondary N) is 2. The lowest BCUT2D eigenvalue weighted by Gasteiger charge is -2.16. The SMILES string of the molecule is CCc1ccc(Cl)c(CC)c1NC(=O)CCc1c[nH]c2ccccc12. The van der Waals surface area contributed by atoms with Gasteiger partial charge < -0.3 is 10.3 Å². The first-order chi connectivity index (χ1) is 12.1. The summed E-state index contributed by atoms with van der Waals surface area (Å²) in [6.45, 7) is 4.15. The second-order valence-electron chi connectivity index (χ2n) is 6.17. The lowest BCUT2D eigenvalue weighted by atomic mass is 10.0. The van der Waals surface area contributed by atoms with Crippen LogP contribution in [-0.2, 0) is 24.1 Å². The number of H-pyrrole nitrogens is 1. The van der Waals surface area contributed by atoms with Crippen LogP contribution in [0.3, 0.4) is 0 Å². The zero-order chi connectivity index (χ0) is 17.8. The summed E-state index contributed by atoms with van der Waals surface area (Å²) < 4.78 is 0. The molecule has 0 radical (unpaired) electrons. The van der Waals surface area contributed by atoms with Crippen LogP contribution >= 0.6 is 11.6 Å². The Bertz CT molecular complexity index is 898. The van der Waals surface area contributed by atoms with E-state index in [9.17, 15) is 4.79 Å². The van der Waals surface area contributed by atoms with Gasteiger partial charge in [0.1, 0.15) is 0 Å². The molecule has 0 bridgehead atoms. The van der Waals surface area contributed by atoms with Crippen molar-refractivity contribution in [1.82, 2.24) is 4.98 Å². The Labute approximate surface area is 153 Å². The van der Waals surface area contributed by atoms with Gasteiger partial charge >= 0.3 is 0 Å². The molecule has 1 aromatic heterocycles. The van der Waals surface area contributed by atoms with Crippen molar-refractivity contribution in [3.8, 4) is 0 Å². The maximum Gasteiger partial charge on any atom is 0.224 e. The smallest absolute Gasteiger partial charge is 0.224 e. The molecule has 130 valence electrons. The zero-order valence-corrected chi connectivity index (χ0v) is 15.4. The summed E-state index contributed by atoms with van der Waals surface area (Å²) in [7, 11) is 0. The van der Waals surface area contributed by atoms with Crippen LogP contribution in [0.4, 0.5) is 5.69 Å². The normalized spacial score (nSPS) is 11.0. The second-order valence-corrected chi connectivity index (χ2v) is 6.58. The van der Waals surface area contributed by atoms with E-state index in [-0.39, 0.29) is 5.91 Å². The molecule has 1 heterocycles. The maximum absolute atomic E-state index is 12.5. The van der Waals surface area contributed by atoms with Crippen molar-refractivity contribution in [2.24, 2.45) is 0 Å². The van der Waals surface area contributed by atoms with Crippen molar-refractivity contribution in [2.75, 3.05) is 5.32 Å². The van der Waals surface area contributed by atoms with Crippen LogP contribution in [0.2, 0.25) is 5.02 Å². The summed E-state index contributed by atoms with van der Waals surface area (Å²) in [5.74, 6) is 0.0250. The van der Waals surface area contributed by atoms with Gasteiger partial charge in [-0.05, 0) is 48.1 Å². The Kier molecular flexibility index (Phi) is 5.44. The highest BCUT2D eigenvalue weighted by molar-refractivity contribution is 6.32. The number of anilines is 1. The molecule has 2 N–H and O–H groups in total. The number of fused-ring (bicyclic) bond motifs is 1. The van der Waals surface area contributed by atoms with E-state index in [4.69, 9.17) is 11.6 Å². The van der Waals surface area contributed by atoms with Crippen molar-refractivity contribution < 1.29 is 4.79 Å². The maximum atomic E-state index is 12.5. The zero-order valence-electron chi connectivity index (χ0n) is 14.7. The molecule has 0 aliphatic heterocycles. The summed E-state index contributed by atoms with van der Waals surface area (Å²) in [6, 6.07) is 12.1. The lowest BCUT2D eigenvalue weighted by Crippen LogP contribution is -2.15. The van der Waals surface area contributed by atoms with E-state index in [1.165, 1.54) is 10.9 Å². The monoisotopic (exact) mass is 354 g/mol. The summed E-state index contributed by atoms with van der Waals surface area (Å²) in [5.41, 5.74) is 5.31. The molecular formula is C21H23ClN2O. The molecule has 0 unspecified atom stereocenters. The van der Waals surface area contributed by atoms with Gasteiger partial charge in [-0.3, -0.25) is 4.79 Å². The van der Waals surface area contributed by atoms with E-state index in [0.29, 0.717) is 17.9 Å². The molecule has 0 aliphatic rings. The van der Waals surface area contributed by atoms with Crippen molar-refractivity contribution >= 4 is 34.1 Å². The number of carbonyl (C=O) groups excluding carboxylic acids is 1. The van der Waals surface area contributed by atoms with Crippen LogP contribution in [-0.4, -0.2) is 10.9 Å². The number of carbonyl (C=O) groups is 1. The Hall–Kier alpha value is -2.26. The molecule has 0 saturated carbocycles. The number of para-hydroxylation sites is 1. The standard InChI is InChI=1S/C21H23ClN2O/c1-3-14-9-11-18(22)16(4-2)21(14)24-20(25)12-10-15-13-23-19-8-6-5-7-17(15)19/h5-9,11,13,23H,3-4,10,12H2,1-2H3,(H,24,25). The molecule has 0 saturated heterocycles. The molecule has 1 amide bonds. The fourth-order valence-electron chi connectivity index (χ4n) is 3.26. The minimum absolute atomic E-state index is 0.0250. The molecule has 4 heteroatoms. The fraction of sp³-hybridized carbons (Fsp3) is 0.286. The molecule has 0 aliphatic carbocycles. The molecule has 0 fully saturated rings. The Morgan fingerprint density at radius 1 is 1.08 bits per heavy atom. The predicted molar refractivity (Wildman–Crippen MR) is 105 cm³/mol. The van der Waals surface area contributed by atoms with Gasteiger partial charge in [-0.25, -0.2) is 0 Å². The first kappa shape index (κ1) is 17.6. The van der Waals surface area contributed by atoms with E-state index >= 15 is 0 Å². The van der Waals surface area contributed by atoms with Crippen molar-refractivity contribution in [3.05, 3.63) is 64.3 Å². The van der Waals surface area contributed by atoms with Gasteiger partial charge in [0.15, 0.2) is 0 Å². The van der Waals surface area contributed by atoms with Crippen LogP contribution in [0.5, 0.6) is 0 Å². The summed E-state index contributed by atoms with van der Waals surface area (Å²) in [6.07, 6.45) is 4.80. The topological polar surface area (TPSA) is 44.9 Å². The Morgan fingerprint density at radius 3 is 2.64 bits per heavy atom. The first-order valence-electron chi connectivity index (χ1n) is 8.79. The van der Waals surface area contributed by atoms with Crippen molar-refractivity contribution in [2.45, 2.75) is 39.5 Å². The number of benzene rings is 2. The fourth-order valence-corrected chi connectivity index (χ4v) is 3.55. The molecule has 3 nitrogen and oxygen atoms in total. The van der Waals surface area contributed by atoms with Crippen LogP contribution in [0.15, 0.2) is 42.6 Å². The number of aryl methyl sites for hydroxylation is 2. The number of rotatable bonds is 6. The van der Waals surface area contributed by atoms with Gasteiger partial charge in [0.25, 0.3) is 0 Å². The molecule has 2 aromatic carbocycles. The second kappa shape index (κ2) is 7.75. The van der Waals surface area contributed by atoms with Gasteiger partial charge in [-0.2, -0.15) is 0 Å². The minimum Gasteiger partial charge on any atom is -0.361 e. The summed E-state index contributed by atoms with van der Waals surface area (Å²) in [5, 5.41) is 5.00. The van der Waals surface area contributed by atoms with Crippen LogP contribution < -0.4 is 5.32 Å². The minimum atomic E-state index is 0.0250. The average molecular weight is 355 g/mol. The third-order valence-corrected chi connectivity index (χ3v) is 4.99. The number of hydrogen-bond acceptors (Lipinski definition) is 1.